The van der Waals surface area contributed by atoms with Gasteiger partial charge in [0.2, 0.25) is 5.95 Å². The van der Waals surface area contributed by atoms with E-state index in [0.717, 1.165) is 16.9 Å². The average molecular weight is 382 g/mol. The zero-order chi connectivity index (χ0) is 19.4. The summed E-state index contributed by atoms with van der Waals surface area (Å²) in [5, 5.41) is 6.50. The minimum atomic E-state index is -0.290. The van der Waals surface area contributed by atoms with E-state index in [1.165, 1.54) is 12.4 Å². The highest BCUT2D eigenvalue weighted by molar-refractivity contribution is 6.31. The molecule has 1 heterocycles. The largest absolute Gasteiger partial charge is 0.378 e. The smallest absolute Gasteiger partial charge is 0.258 e. The fourth-order valence-electron chi connectivity index (χ4n) is 2.41. The molecule has 0 radical (unpaired) electrons. The van der Waals surface area contributed by atoms with Gasteiger partial charge in [0.05, 0.1) is 5.56 Å². The van der Waals surface area contributed by atoms with Crippen LogP contribution in [0.2, 0.25) is 5.02 Å². The van der Waals surface area contributed by atoms with E-state index in [2.05, 4.69) is 20.6 Å². The first-order chi connectivity index (χ1) is 12.9. The van der Waals surface area contributed by atoms with Crippen molar-refractivity contribution in [3.05, 3.63) is 71.0 Å². The van der Waals surface area contributed by atoms with Gasteiger partial charge in [0.15, 0.2) is 0 Å². The van der Waals surface area contributed by atoms with Crippen LogP contribution in [0.3, 0.4) is 0 Å². The Labute approximate surface area is 163 Å². The van der Waals surface area contributed by atoms with Crippen LogP contribution < -0.4 is 15.5 Å². The van der Waals surface area contributed by atoms with Gasteiger partial charge in [0, 0.05) is 48.6 Å². The van der Waals surface area contributed by atoms with Crippen molar-refractivity contribution >= 4 is 40.5 Å². The Balaban J connectivity index is 1.67. The van der Waals surface area contributed by atoms with Crippen LogP contribution in [0.15, 0.2) is 54.9 Å². The number of amides is 1. The predicted octanol–water partition coefficient (Wildman–Crippen LogP) is 4.50. The van der Waals surface area contributed by atoms with Gasteiger partial charge in [-0.1, -0.05) is 17.7 Å². The average Bonchev–Trinajstić information content (AvgIpc) is 2.65. The molecule has 0 bridgehead atoms. The van der Waals surface area contributed by atoms with Crippen molar-refractivity contribution in [3.8, 4) is 0 Å². The Morgan fingerprint density at radius 1 is 1.04 bits per heavy atom. The van der Waals surface area contributed by atoms with Crippen molar-refractivity contribution in [3.63, 3.8) is 0 Å². The number of benzene rings is 2. The lowest BCUT2D eigenvalue weighted by atomic mass is 10.2. The molecule has 3 aromatic rings. The zero-order valence-electron chi connectivity index (χ0n) is 15.3. The quantitative estimate of drug-likeness (QED) is 0.680. The van der Waals surface area contributed by atoms with Crippen LogP contribution in [0, 0.1) is 6.92 Å². The molecule has 1 amide bonds. The monoisotopic (exact) mass is 381 g/mol. The molecule has 2 N–H and O–H groups in total. The minimum absolute atomic E-state index is 0.290. The van der Waals surface area contributed by atoms with E-state index in [4.69, 9.17) is 11.6 Å². The summed E-state index contributed by atoms with van der Waals surface area (Å²) in [6, 6.07) is 13.2. The molecule has 0 spiro atoms. The third-order valence-corrected chi connectivity index (χ3v) is 4.24. The first-order valence-corrected chi connectivity index (χ1v) is 8.74. The molecule has 0 saturated carbocycles. The third kappa shape index (κ3) is 4.74. The fourth-order valence-corrected chi connectivity index (χ4v) is 2.58. The molecular weight excluding hydrogens is 362 g/mol. The van der Waals surface area contributed by atoms with Crippen molar-refractivity contribution in [1.82, 2.24) is 9.97 Å². The number of aromatic nitrogens is 2. The second-order valence-corrected chi connectivity index (χ2v) is 6.71. The van der Waals surface area contributed by atoms with Gasteiger partial charge in [-0.05, 0) is 48.9 Å². The van der Waals surface area contributed by atoms with E-state index < -0.39 is 0 Å². The molecule has 0 saturated heterocycles. The van der Waals surface area contributed by atoms with Crippen LogP contribution in [0.1, 0.15) is 15.9 Å². The van der Waals surface area contributed by atoms with E-state index in [1.807, 2.05) is 56.3 Å². The Morgan fingerprint density at radius 3 is 2.33 bits per heavy atom. The normalized spacial score (nSPS) is 10.4. The summed E-state index contributed by atoms with van der Waals surface area (Å²) in [5.41, 5.74) is 3.92. The summed E-state index contributed by atoms with van der Waals surface area (Å²) in [5.74, 6) is 0.130. The predicted molar refractivity (Wildman–Crippen MR) is 110 cm³/mol. The van der Waals surface area contributed by atoms with E-state index in [1.54, 1.807) is 12.1 Å². The molecular formula is C20H20ClN5O. The minimum Gasteiger partial charge on any atom is -0.378 e. The molecule has 0 atom stereocenters. The maximum Gasteiger partial charge on any atom is 0.258 e. The zero-order valence-corrected chi connectivity index (χ0v) is 16.1. The Bertz CT molecular complexity index is 940. The molecule has 0 fully saturated rings. The van der Waals surface area contributed by atoms with Crippen molar-refractivity contribution in [2.45, 2.75) is 6.92 Å². The van der Waals surface area contributed by atoms with Gasteiger partial charge in [0.1, 0.15) is 0 Å². The first kappa shape index (κ1) is 18.7. The van der Waals surface area contributed by atoms with E-state index >= 15 is 0 Å². The van der Waals surface area contributed by atoms with Crippen molar-refractivity contribution in [1.29, 1.82) is 0 Å². The van der Waals surface area contributed by atoms with Crippen LogP contribution in [0.25, 0.3) is 0 Å². The van der Waals surface area contributed by atoms with Crippen LogP contribution in [-0.4, -0.2) is 30.0 Å². The molecule has 0 aliphatic carbocycles. The van der Waals surface area contributed by atoms with Crippen LogP contribution in [0.5, 0.6) is 0 Å². The summed E-state index contributed by atoms with van der Waals surface area (Å²) in [6.45, 7) is 1.90. The summed E-state index contributed by atoms with van der Waals surface area (Å²) in [7, 11) is 3.97. The van der Waals surface area contributed by atoms with Gasteiger partial charge in [0.25, 0.3) is 5.91 Å². The lowest BCUT2D eigenvalue weighted by Crippen LogP contribution is -2.14. The second-order valence-electron chi connectivity index (χ2n) is 6.28. The second kappa shape index (κ2) is 8.05. The number of nitrogens with zero attached hydrogens (tertiary/aromatic N) is 3. The third-order valence-electron chi connectivity index (χ3n) is 4.00. The van der Waals surface area contributed by atoms with Crippen molar-refractivity contribution in [2.75, 3.05) is 29.6 Å². The lowest BCUT2D eigenvalue weighted by Gasteiger charge is -2.13. The standard InChI is InChI=1S/C20H20ClN5O/c1-13-4-5-15(21)10-18(13)25-19(27)14-11-22-20(23-12-14)24-16-6-8-17(9-7-16)26(2)3/h4-12H,1-3H3,(H,25,27)(H,22,23,24). The van der Waals surface area contributed by atoms with Gasteiger partial charge in [-0.15, -0.1) is 0 Å². The molecule has 27 heavy (non-hydrogen) atoms. The number of nitrogens with one attached hydrogen (secondary N) is 2. The molecule has 0 aliphatic rings. The number of hydrogen-bond donors (Lipinski definition) is 2. The SMILES string of the molecule is Cc1ccc(Cl)cc1NC(=O)c1cnc(Nc2ccc(N(C)C)cc2)nc1. The Morgan fingerprint density at radius 2 is 1.70 bits per heavy atom. The Kier molecular flexibility index (Phi) is 5.57. The maximum absolute atomic E-state index is 12.4. The summed E-state index contributed by atoms with van der Waals surface area (Å²) >= 11 is 5.98. The highest BCUT2D eigenvalue weighted by Crippen LogP contribution is 2.21. The Hall–Kier alpha value is -3.12. The van der Waals surface area contributed by atoms with Gasteiger partial charge in [-0.25, -0.2) is 9.97 Å². The topological polar surface area (TPSA) is 70.2 Å². The van der Waals surface area contributed by atoms with Gasteiger partial charge in [-0.2, -0.15) is 0 Å². The highest BCUT2D eigenvalue weighted by atomic mass is 35.5. The summed E-state index contributed by atoms with van der Waals surface area (Å²) < 4.78 is 0. The molecule has 2 aromatic carbocycles. The van der Waals surface area contributed by atoms with Crippen LogP contribution >= 0.6 is 11.6 Å². The molecule has 0 unspecified atom stereocenters. The van der Waals surface area contributed by atoms with E-state index in [-0.39, 0.29) is 5.91 Å². The summed E-state index contributed by atoms with van der Waals surface area (Å²) in [6.07, 6.45) is 2.97. The molecule has 1 aromatic heterocycles. The fraction of sp³-hybridized carbons (Fsp3) is 0.150. The van der Waals surface area contributed by atoms with Crippen LogP contribution in [0.4, 0.5) is 23.0 Å². The maximum atomic E-state index is 12.4. The van der Waals surface area contributed by atoms with Gasteiger partial charge in [-0.3, -0.25) is 4.79 Å². The highest BCUT2D eigenvalue weighted by Gasteiger charge is 2.10. The number of anilines is 4. The van der Waals surface area contributed by atoms with Crippen LogP contribution in [-0.2, 0) is 0 Å². The van der Waals surface area contributed by atoms with E-state index in [0.29, 0.717) is 22.2 Å². The molecule has 138 valence electrons. The lowest BCUT2D eigenvalue weighted by molar-refractivity contribution is 0.102. The van der Waals surface area contributed by atoms with Gasteiger partial charge < -0.3 is 15.5 Å². The number of hydrogen-bond acceptors (Lipinski definition) is 5. The number of carbonyl (C=O) groups excluding carboxylic acids is 1. The van der Waals surface area contributed by atoms with E-state index in [9.17, 15) is 4.79 Å². The number of carbonyl (C=O) groups is 1. The van der Waals surface area contributed by atoms with Crippen molar-refractivity contribution < 1.29 is 4.79 Å². The summed E-state index contributed by atoms with van der Waals surface area (Å²) in [4.78, 5) is 22.8. The molecule has 7 heteroatoms. The first-order valence-electron chi connectivity index (χ1n) is 8.36. The molecule has 3 rings (SSSR count). The van der Waals surface area contributed by atoms with Crippen molar-refractivity contribution in [2.24, 2.45) is 0 Å². The number of halogens is 1. The number of rotatable bonds is 5. The molecule has 6 nitrogen and oxygen atoms in total. The molecule has 0 aliphatic heterocycles. The number of aryl methyl sites for hydroxylation is 1. The van der Waals surface area contributed by atoms with Gasteiger partial charge >= 0.3 is 0 Å².